The molecule has 3 aromatic carbocycles. The zero-order valence-electron chi connectivity index (χ0n) is 19.3. The molecule has 2 amide bonds. The third-order valence-corrected chi connectivity index (χ3v) is 7.60. The molecule has 0 spiro atoms. The molecule has 1 N–H and O–H groups in total. The molecule has 0 aromatic heterocycles. The van der Waals surface area contributed by atoms with Gasteiger partial charge >= 0.3 is 0 Å². The molecule has 33 heavy (non-hydrogen) atoms. The van der Waals surface area contributed by atoms with Crippen molar-refractivity contribution in [3.8, 4) is 0 Å². The van der Waals surface area contributed by atoms with E-state index in [1.165, 1.54) is 25.1 Å². The molecule has 0 bridgehead atoms. The molecule has 0 radical (unpaired) electrons. The molecule has 7 nitrogen and oxygen atoms in total. The summed E-state index contributed by atoms with van der Waals surface area (Å²) in [4.78, 5) is 27.1. The smallest absolute Gasteiger partial charge is 0.243 e. The number of nitrogens with one attached hydrogen (secondary N) is 1. The largest absolute Gasteiger partial charge is 0.357 e. The van der Waals surface area contributed by atoms with Gasteiger partial charge in [-0.15, -0.1) is 0 Å². The first-order valence-electron chi connectivity index (χ1n) is 10.7. The van der Waals surface area contributed by atoms with Gasteiger partial charge in [0.2, 0.25) is 21.8 Å². The van der Waals surface area contributed by atoms with Crippen molar-refractivity contribution in [2.75, 3.05) is 20.6 Å². The van der Waals surface area contributed by atoms with Gasteiger partial charge in [0.15, 0.2) is 0 Å². The minimum Gasteiger partial charge on any atom is -0.357 e. The van der Waals surface area contributed by atoms with Crippen LogP contribution < -0.4 is 5.32 Å². The molecule has 0 aliphatic heterocycles. The first kappa shape index (κ1) is 24.4. The maximum absolute atomic E-state index is 13.3. The van der Waals surface area contributed by atoms with E-state index < -0.39 is 22.0 Å². The Morgan fingerprint density at radius 3 is 2.27 bits per heavy atom. The Morgan fingerprint density at radius 1 is 0.970 bits per heavy atom. The van der Waals surface area contributed by atoms with Gasteiger partial charge in [0, 0.05) is 20.6 Å². The van der Waals surface area contributed by atoms with Gasteiger partial charge in [0.05, 0.1) is 11.4 Å². The van der Waals surface area contributed by atoms with Crippen LogP contribution in [0.25, 0.3) is 10.8 Å². The van der Waals surface area contributed by atoms with Crippen molar-refractivity contribution in [2.24, 2.45) is 0 Å². The minimum atomic E-state index is -3.91. The lowest BCUT2D eigenvalue weighted by molar-refractivity contribution is -0.140. The Morgan fingerprint density at radius 2 is 1.61 bits per heavy atom. The Kier molecular flexibility index (Phi) is 7.50. The van der Waals surface area contributed by atoms with Crippen molar-refractivity contribution in [1.82, 2.24) is 14.5 Å². The van der Waals surface area contributed by atoms with Crippen LogP contribution in [0.4, 0.5) is 0 Å². The summed E-state index contributed by atoms with van der Waals surface area (Å²) in [7, 11) is -1.03. The van der Waals surface area contributed by atoms with Crippen LogP contribution in [0, 0.1) is 6.92 Å². The van der Waals surface area contributed by atoms with E-state index in [2.05, 4.69) is 5.32 Å². The molecule has 0 saturated carbocycles. The normalized spacial score (nSPS) is 12.5. The predicted molar refractivity (Wildman–Crippen MR) is 129 cm³/mol. The fourth-order valence-corrected chi connectivity index (χ4v) is 4.79. The topological polar surface area (TPSA) is 86.8 Å². The van der Waals surface area contributed by atoms with Gasteiger partial charge < -0.3 is 10.2 Å². The summed E-state index contributed by atoms with van der Waals surface area (Å²) in [6.45, 7) is 3.37. The van der Waals surface area contributed by atoms with Gasteiger partial charge in [-0.2, -0.15) is 4.31 Å². The predicted octanol–water partition coefficient (Wildman–Crippen LogP) is 2.93. The van der Waals surface area contributed by atoms with Gasteiger partial charge in [0.1, 0.15) is 6.04 Å². The number of carbonyl (C=O) groups is 2. The number of hydrogen-bond acceptors (Lipinski definition) is 4. The van der Waals surface area contributed by atoms with E-state index in [4.69, 9.17) is 0 Å². The Hall–Kier alpha value is -3.23. The van der Waals surface area contributed by atoms with E-state index in [9.17, 15) is 18.0 Å². The van der Waals surface area contributed by atoms with Crippen molar-refractivity contribution in [3.05, 3.63) is 77.9 Å². The molecule has 1 atom stereocenters. The second-order valence-corrected chi connectivity index (χ2v) is 10.1. The number of aryl methyl sites for hydroxylation is 1. The first-order chi connectivity index (χ1) is 15.6. The zero-order valence-corrected chi connectivity index (χ0v) is 20.1. The summed E-state index contributed by atoms with van der Waals surface area (Å²) >= 11 is 0. The standard InChI is InChI=1S/C25H29N3O4S/c1-18-9-5-6-12-22(18)16-28(19(2)25(30)26-3)24(29)17-27(4)33(31,32)23-14-13-20-10-7-8-11-21(20)15-23/h5-15,19H,16-17H2,1-4H3,(H,26,30). The lowest BCUT2D eigenvalue weighted by Crippen LogP contribution is -2.50. The molecule has 0 heterocycles. The third kappa shape index (κ3) is 5.40. The average molecular weight is 468 g/mol. The van der Waals surface area contributed by atoms with Gasteiger partial charge in [-0.05, 0) is 47.9 Å². The molecule has 0 saturated heterocycles. The third-order valence-electron chi connectivity index (χ3n) is 5.80. The summed E-state index contributed by atoms with van der Waals surface area (Å²) in [5.41, 5.74) is 1.87. The number of hydrogen-bond donors (Lipinski definition) is 1. The van der Waals surface area contributed by atoms with Crippen LogP contribution in [0.3, 0.4) is 0 Å². The van der Waals surface area contributed by atoms with Crippen LogP contribution >= 0.6 is 0 Å². The van der Waals surface area contributed by atoms with Crippen molar-refractivity contribution >= 4 is 32.6 Å². The van der Waals surface area contributed by atoms with Gasteiger partial charge in [0.25, 0.3) is 0 Å². The molecule has 3 aromatic rings. The number of benzene rings is 3. The highest BCUT2D eigenvalue weighted by atomic mass is 32.2. The minimum absolute atomic E-state index is 0.112. The van der Waals surface area contributed by atoms with E-state index in [-0.39, 0.29) is 23.9 Å². The van der Waals surface area contributed by atoms with Crippen molar-refractivity contribution in [1.29, 1.82) is 0 Å². The van der Waals surface area contributed by atoms with Crippen molar-refractivity contribution in [2.45, 2.75) is 31.3 Å². The zero-order chi connectivity index (χ0) is 24.2. The second-order valence-electron chi connectivity index (χ2n) is 8.01. The maximum atomic E-state index is 13.3. The van der Waals surface area contributed by atoms with Crippen LogP contribution in [0.15, 0.2) is 71.6 Å². The van der Waals surface area contributed by atoms with Crippen LogP contribution in [0.1, 0.15) is 18.1 Å². The number of carbonyl (C=O) groups excluding carboxylic acids is 2. The summed E-state index contributed by atoms with van der Waals surface area (Å²) in [5, 5.41) is 4.29. The molecule has 1 unspecified atom stereocenters. The van der Waals surface area contributed by atoms with Gasteiger partial charge in [-0.1, -0.05) is 54.6 Å². The second kappa shape index (κ2) is 10.1. The van der Waals surface area contributed by atoms with Crippen LogP contribution in [0.5, 0.6) is 0 Å². The molecular formula is C25H29N3O4S. The number of sulfonamides is 1. The van der Waals surface area contributed by atoms with Gasteiger partial charge in [-0.25, -0.2) is 8.42 Å². The monoisotopic (exact) mass is 467 g/mol. The van der Waals surface area contributed by atoms with Gasteiger partial charge in [-0.3, -0.25) is 9.59 Å². The molecule has 0 fully saturated rings. The van der Waals surface area contributed by atoms with Crippen LogP contribution in [0.2, 0.25) is 0 Å². The van der Waals surface area contributed by atoms with E-state index in [1.807, 2.05) is 55.5 Å². The summed E-state index contributed by atoms with van der Waals surface area (Å²) in [6, 6.07) is 19.2. The summed E-state index contributed by atoms with van der Waals surface area (Å²) in [5.74, 6) is -0.779. The quantitative estimate of drug-likeness (QED) is 0.552. The Bertz CT molecular complexity index is 1270. The molecule has 0 aliphatic rings. The Balaban J connectivity index is 1.86. The molecule has 174 valence electrons. The molecule has 0 aliphatic carbocycles. The highest BCUT2D eigenvalue weighted by molar-refractivity contribution is 7.89. The highest BCUT2D eigenvalue weighted by Gasteiger charge is 2.30. The van der Waals surface area contributed by atoms with Crippen LogP contribution in [-0.4, -0.2) is 56.1 Å². The van der Waals surface area contributed by atoms with Crippen LogP contribution in [-0.2, 0) is 26.2 Å². The number of amides is 2. The van der Waals surface area contributed by atoms with E-state index >= 15 is 0 Å². The number of fused-ring (bicyclic) bond motifs is 1. The fourth-order valence-electron chi connectivity index (χ4n) is 3.64. The summed E-state index contributed by atoms with van der Waals surface area (Å²) < 4.78 is 27.4. The number of rotatable bonds is 8. The highest BCUT2D eigenvalue weighted by Crippen LogP contribution is 2.22. The molecule has 8 heteroatoms. The number of nitrogens with zero attached hydrogens (tertiary/aromatic N) is 2. The number of likely N-dealkylation sites (N-methyl/N-ethyl adjacent to an activating group) is 2. The lowest BCUT2D eigenvalue weighted by Gasteiger charge is -2.30. The Labute approximate surface area is 195 Å². The first-order valence-corrected chi connectivity index (χ1v) is 12.1. The lowest BCUT2D eigenvalue weighted by atomic mass is 10.1. The average Bonchev–Trinajstić information content (AvgIpc) is 2.82. The fraction of sp³-hybridized carbons (Fsp3) is 0.280. The van der Waals surface area contributed by atoms with E-state index in [1.54, 1.807) is 19.1 Å². The van der Waals surface area contributed by atoms with Crippen molar-refractivity contribution < 1.29 is 18.0 Å². The summed E-state index contributed by atoms with van der Waals surface area (Å²) in [6.07, 6.45) is 0. The van der Waals surface area contributed by atoms with Crippen molar-refractivity contribution in [3.63, 3.8) is 0 Å². The van der Waals surface area contributed by atoms with E-state index in [0.29, 0.717) is 0 Å². The molecule has 3 rings (SSSR count). The SMILES string of the molecule is CNC(=O)C(C)N(Cc1ccccc1C)C(=O)CN(C)S(=O)(=O)c1ccc2ccccc2c1. The molecular weight excluding hydrogens is 438 g/mol. The maximum Gasteiger partial charge on any atom is 0.243 e. The van der Waals surface area contributed by atoms with E-state index in [0.717, 1.165) is 26.2 Å².